The first-order valence-corrected chi connectivity index (χ1v) is 12.7. The van der Waals surface area contributed by atoms with Crippen LogP contribution in [0.25, 0.3) is 0 Å². The highest BCUT2D eigenvalue weighted by Crippen LogP contribution is 2.39. The molecule has 4 amide bonds. The zero-order valence-electron chi connectivity index (χ0n) is 19.5. The van der Waals surface area contributed by atoms with Crippen molar-refractivity contribution in [1.29, 1.82) is 0 Å². The highest BCUT2D eigenvalue weighted by Gasteiger charge is 2.32. The summed E-state index contributed by atoms with van der Waals surface area (Å²) in [5.74, 6) is -0.601. The molecule has 0 aromatic heterocycles. The van der Waals surface area contributed by atoms with Crippen molar-refractivity contribution in [2.45, 2.75) is 44.1 Å². The first-order valence-electron chi connectivity index (χ1n) is 10.9. The summed E-state index contributed by atoms with van der Waals surface area (Å²) in [5, 5.41) is 5.46. The number of benzene rings is 2. The van der Waals surface area contributed by atoms with Crippen LogP contribution in [0.3, 0.4) is 0 Å². The van der Waals surface area contributed by atoms with Gasteiger partial charge in [0.15, 0.2) is 9.84 Å². The van der Waals surface area contributed by atoms with Gasteiger partial charge in [-0.05, 0) is 40.8 Å². The summed E-state index contributed by atoms with van der Waals surface area (Å²) in [4.78, 5) is 39.4. The van der Waals surface area contributed by atoms with Gasteiger partial charge in [-0.2, -0.15) is 0 Å². The molecule has 2 aromatic rings. The van der Waals surface area contributed by atoms with Crippen molar-refractivity contribution in [1.82, 2.24) is 5.32 Å². The highest BCUT2D eigenvalue weighted by molar-refractivity contribution is 7.90. The second-order valence-corrected chi connectivity index (χ2v) is 11.6. The van der Waals surface area contributed by atoms with Crippen molar-refractivity contribution in [2.24, 2.45) is 0 Å². The van der Waals surface area contributed by atoms with E-state index >= 15 is 0 Å². The van der Waals surface area contributed by atoms with E-state index < -0.39 is 27.2 Å². The number of amides is 4. The largest absolute Gasteiger partial charge is 0.496 e. The number of carbonyl (C=O) groups excluding carboxylic acids is 3. The molecule has 10 heteroatoms. The third-order valence-corrected chi connectivity index (χ3v) is 7.37. The SMILES string of the molecule is COc1c(C(=O)Nc2ccc3c(c2)CS(=O)(=O)C3)cc(N2C(=O)CCNC2=O)cc1C(C)(C)C. The van der Waals surface area contributed by atoms with Gasteiger partial charge in [0, 0.05) is 24.2 Å². The molecule has 1 saturated heterocycles. The maximum Gasteiger partial charge on any atom is 0.328 e. The Morgan fingerprint density at radius 1 is 1.09 bits per heavy atom. The van der Waals surface area contributed by atoms with E-state index in [0.717, 1.165) is 10.5 Å². The van der Waals surface area contributed by atoms with Gasteiger partial charge in [0.05, 0.1) is 29.9 Å². The lowest BCUT2D eigenvalue weighted by Crippen LogP contribution is -2.50. The Kier molecular flexibility index (Phi) is 5.89. The van der Waals surface area contributed by atoms with Crippen molar-refractivity contribution in [3.8, 4) is 5.75 Å². The number of fused-ring (bicyclic) bond motifs is 1. The lowest BCUT2D eigenvalue weighted by atomic mass is 9.84. The third kappa shape index (κ3) is 4.50. The number of nitrogens with one attached hydrogen (secondary N) is 2. The van der Waals surface area contributed by atoms with E-state index in [1.165, 1.54) is 13.2 Å². The molecule has 4 rings (SSSR count). The van der Waals surface area contributed by atoms with E-state index in [-0.39, 0.29) is 41.6 Å². The summed E-state index contributed by atoms with van der Waals surface area (Å²) < 4.78 is 29.5. The number of sulfone groups is 1. The molecule has 0 spiro atoms. The van der Waals surface area contributed by atoms with Crippen LogP contribution in [0.15, 0.2) is 30.3 Å². The number of imide groups is 1. The quantitative estimate of drug-likeness (QED) is 0.686. The second-order valence-electron chi connectivity index (χ2n) is 9.51. The zero-order chi connectivity index (χ0) is 24.8. The maximum absolute atomic E-state index is 13.4. The van der Waals surface area contributed by atoms with Crippen LogP contribution in [-0.4, -0.2) is 39.9 Å². The fourth-order valence-electron chi connectivity index (χ4n) is 4.23. The minimum absolute atomic E-state index is 0.00665. The zero-order valence-corrected chi connectivity index (χ0v) is 20.3. The molecule has 0 bridgehead atoms. The van der Waals surface area contributed by atoms with E-state index in [1.807, 2.05) is 20.8 Å². The van der Waals surface area contributed by atoms with Gasteiger partial charge in [-0.1, -0.05) is 26.8 Å². The standard InChI is InChI=1S/C24H27N3O6S/c1-24(2,3)19-11-17(27-20(28)7-8-25-23(27)30)10-18(21(19)33-4)22(29)26-16-6-5-14-12-34(31,32)13-15(14)9-16/h5-6,9-11H,7-8,12-13H2,1-4H3,(H,25,30)(H,26,29). The molecule has 0 radical (unpaired) electrons. The van der Waals surface area contributed by atoms with Crippen LogP contribution < -0.4 is 20.3 Å². The summed E-state index contributed by atoms with van der Waals surface area (Å²) in [6.45, 7) is 6.08. The molecule has 2 aliphatic rings. The fraction of sp³-hybridized carbons (Fsp3) is 0.375. The molecular formula is C24H27N3O6S. The molecule has 2 aliphatic heterocycles. The van der Waals surface area contributed by atoms with Crippen LogP contribution in [0.2, 0.25) is 0 Å². The molecule has 0 aliphatic carbocycles. The number of nitrogens with zero attached hydrogens (tertiary/aromatic N) is 1. The molecular weight excluding hydrogens is 458 g/mol. The molecule has 2 N–H and O–H groups in total. The number of anilines is 2. The van der Waals surface area contributed by atoms with Gasteiger partial charge in [-0.3, -0.25) is 9.59 Å². The number of methoxy groups -OCH3 is 1. The number of rotatable bonds is 4. The Balaban J connectivity index is 1.76. The average Bonchev–Trinajstić information content (AvgIpc) is 3.05. The van der Waals surface area contributed by atoms with Gasteiger partial charge in [-0.25, -0.2) is 18.1 Å². The summed E-state index contributed by atoms with van der Waals surface area (Å²) in [6.07, 6.45) is 0.155. The van der Waals surface area contributed by atoms with Gasteiger partial charge in [0.1, 0.15) is 5.75 Å². The van der Waals surface area contributed by atoms with Crippen molar-refractivity contribution < 1.29 is 27.5 Å². The number of ether oxygens (including phenoxy) is 1. The Morgan fingerprint density at radius 3 is 2.44 bits per heavy atom. The van der Waals surface area contributed by atoms with Crippen molar-refractivity contribution >= 4 is 39.1 Å². The Labute approximate surface area is 198 Å². The number of hydrogen-bond acceptors (Lipinski definition) is 6. The summed E-state index contributed by atoms with van der Waals surface area (Å²) >= 11 is 0. The van der Waals surface area contributed by atoms with Gasteiger partial charge in [0.25, 0.3) is 5.91 Å². The van der Waals surface area contributed by atoms with Crippen LogP contribution in [0.5, 0.6) is 5.75 Å². The monoisotopic (exact) mass is 485 g/mol. The lowest BCUT2D eigenvalue weighted by molar-refractivity contribution is -0.118. The maximum atomic E-state index is 13.4. The van der Waals surface area contributed by atoms with E-state index in [4.69, 9.17) is 4.74 Å². The van der Waals surface area contributed by atoms with E-state index in [2.05, 4.69) is 10.6 Å². The van der Waals surface area contributed by atoms with Crippen molar-refractivity contribution in [3.63, 3.8) is 0 Å². The van der Waals surface area contributed by atoms with Crippen LogP contribution in [-0.2, 0) is 31.6 Å². The molecule has 0 unspecified atom stereocenters. The molecule has 34 heavy (non-hydrogen) atoms. The summed E-state index contributed by atoms with van der Waals surface area (Å²) in [5.41, 5.74) is 2.45. The van der Waals surface area contributed by atoms with Gasteiger partial charge < -0.3 is 15.4 Å². The normalized spacial score (nSPS) is 17.2. The second kappa shape index (κ2) is 8.43. The first-order chi connectivity index (χ1) is 15.9. The average molecular weight is 486 g/mol. The van der Waals surface area contributed by atoms with E-state index in [0.29, 0.717) is 22.6 Å². The van der Waals surface area contributed by atoms with Crippen molar-refractivity contribution in [2.75, 3.05) is 23.9 Å². The minimum atomic E-state index is -3.17. The summed E-state index contributed by atoms with van der Waals surface area (Å²) in [6, 6.07) is 7.61. The molecule has 180 valence electrons. The smallest absolute Gasteiger partial charge is 0.328 e. The fourth-order valence-corrected chi connectivity index (χ4v) is 5.83. The number of hydrogen-bond donors (Lipinski definition) is 2. The van der Waals surface area contributed by atoms with Gasteiger partial charge >= 0.3 is 6.03 Å². The third-order valence-electron chi connectivity index (χ3n) is 5.87. The van der Waals surface area contributed by atoms with Gasteiger partial charge in [-0.15, -0.1) is 0 Å². The molecule has 2 aromatic carbocycles. The van der Waals surface area contributed by atoms with Crippen LogP contribution in [0, 0.1) is 0 Å². The first kappa shape index (κ1) is 23.7. The van der Waals surface area contributed by atoms with Crippen LogP contribution in [0.1, 0.15) is 54.2 Å². The molecule has 9 nitrogen and oxygen atoms in total. The number of carbonyl (C=O) groups is 3. The molecule has 0 saturated carbocycles. The Hall–Kier alpha value is -3.40. The van der Waals surface area contributed by atoms with Crippen molar-refractivity contribution in [3.05, 3.63) is 52.6 Å². The Bertz CT molecular complexity index is 1290. The van der Waals surface area contributed by atoms with Gasteiger partial charge in [0.2, 0.25) is 5.91 Å². The molecule has 1 fully saturated rings. The van der Waals surface area contributed by atoms with E-state index in [1.54, 1.807) is 24.3 Å². The molecule has 0 atom stereocenters. The lowest BCUT2D eigenvalue weighted by Gasteiger charge is -2.30. The number of urea groups is 1. The van der Waals surface area contributed by atoms with Crippen LogP contribution in [0.4, 0.5) is 16.2 Å². The predicted molar refractivity (Wildman–Crippen MR) is 128 cm³/mol. The highest BCUT2D eigenvalue weighted by atomic mass is 32.2. The van der Waals surface area contributed by atoms with E-state index in [9.17, 15) is 22.8 Å². The topological polar surface area (TPSA) is 122 Å². The molecule has 2 heterocycles. The van der Waals surface area contributed by atoms with Crippen LogP contribution >= 0.6 is 0 Å². The predicted octanol–water partition coefficient (Wildman–Crippen LogP) is 3.12. The Morgan fingerprint density at radius 2 is 1.79 bits per heavy atom. The minimum Gasteiger partial charge on any atom is -0.496 e. The summed E-state index contributed by atoms with van der Waals surface area (Å²) in [7, 11) is -1.71.